The molecule has 0 bridgehead atoms. The van der Waals surface area contributed by atoms with Crippen molar-refractivity contribution in [3.63, 3.8) is 0 Å². The van der Waals surface area contributed by atoms with E-state index in [9.17, 15) is 9.90 Å². The van der Waals surface area contributed by atoms with Crippen molar-refractivity contribution in [1.29, 1.82) is 0 Å². The fourth-order valence-electron chi connectivity index (χ4n) is 3.83. The summed E-state index contributed by atoms with van der Waals surface area (Å²) in [5.74, 6) is 0.0287. The van der Waals surface area contributed by atoms with Gasteiger partial charge in [-0.2, -0.15) is 0 Å². The first kappa shape index (κ1) is 23.4. The Morgan fingerprint density at radius 1 is 1.26 bits per heavy atom. The quantitative estimate of drug-likeness (QED) is 0.369. The normalized spacial score (nSPS) is 20.4. The minimum Gasteiger partial charge on any atom is -0.511 e. The van der Waals surface area contributed by atoms with Gasteiger partial charge in [0.15, 0.2) is 10.9 Å². The molecular weight excluding hydrogens is 432 g/mol. The highest BCUT2D eigenvalue weighted by Crippen LogP contribution is 2.33. The maximum Gasteiger partial charge on any atom is 0.169 e. The van der Waals surface area contributed by atoms with Crippen LogP contribution in [0, 0.1) is 0 Å². The highest BCUT2D eigenvalue weighted by molar-refractivity contribution is 7.80. The van der Waals surface area contributed by atoms with Gasteiger partial charge in [0.05, 0.1) is 12.1 Å². The molecule has 1 fully saturated rings. The van der Waals surface area contributed by atoms with Gasteiger partial charge in [-0.25, -0.2) is 0 Å². The molecule has 1 unspecified atom stereocenters. The number of aliphatic hydroxyl groups is 1. The van der Waals surface area contributed by atoms with Gasteiger partial charge in [-0.15, -0.1) is 6.58 Å². The minimum atomic E-state index is -0.0680. The molecule has 2 N–H and O–H groups in total. The number of nitrogens with zero attached hydrogens (tertiary/aromatic N) is 3. The fourth-order valence-corrected chi connectivity index (χ4v) is 4.22. The van der Waals surface area contributed by atoms with Gasteiger partial charge >= 0.3 is 0 Å². The third-order valence-corrected chi connectivity index (χ3v) is 6.30. The topological polar surface area (TPSA) is 68.2 Å². The smallest absolute Gasteiger partial charge is 0.169 e. The molecule has 1 aromatic carbocycles. The lowest BCUT2D eigenvalue weighted by molar-refractivity contribution is -0.116. The number of benzene rings is 1. The lowest BCUT2D eigenvalue weighted by Gasteiger charge is -2.35. The molecule has 0 saturated carbocycles. The number of carbonyl (C=O) groups excluding carboxylic acids is 1. The number of carbonyl (C=O) groups is 1. The van der Waals surface area contributed by atoms with Gasteiger partial charge in [0.25, 0.3) is 0 Å². The van der Waals surface area contributed by atoms with E-state index in [-0.39, 0.29) is 17.5 Å². The number of rotatable bonds is 7. The summed E-state index contributed by atoms with van der Waals surface area (Å²) in [7, 11) is 0. The number of aliphatic imine (C=N–C) groups is 1. The van der Waals surface area contributed by atoms with E-state index in [4.69, 9.17) is 23.8 Å². The van der Waals surface area contributed by atoms with Gasteiger partial charge in [-0.1, -0.05) is 29.8 Å². The third kappa shape index (κ3) is 6.63. The number of hydrogen-bond donors (Lipinski definition) is 2. The van der Waals surface area contributed by atoms with Crippen LogP contribution in [0.15, 0.2) is 53.2 Å². The predicted molar refractivity (Wildman–Crippen MR) is 130 cm³/mol. The summed E-state index contributed by atoms with van der Waals surface area (Å²) in [5.41, 5.74) is 1.35. The maximum atomic E-state index is 12.6. The van der Waals surface area contributed by atoms with Crippen LogP contribution in [0.3, 0.4) is 0 Å². The number of piperazine rings is 1. The third-order valence-electron chi connectivity index (χ3n) is 5.65. The molecule has 8 heteroatoms. The molecule has 1 heterocycles. The summed E-state index contributed by atoms with van der Waals surface area (Å²) in [4.78, 5) is 21.5. The van der Waals surface area contributed by atoms with Crippen molar-refractivity contribution in [2.45, 2.75) is 18.8 Å². The van der Waals surface area contributed by atoms with Crippen molar-refractivity contribution in [2.75, 3.05) is 45.8 Å². The molecule has 6 nitrogen and oxygen atoms in total. The second-order valence-corrected chi connectivity index (χ2v) is 8.60. The molecule has 0 aromatic heterocycles. The van der Waals surface area contributed by atoms with Crippen LogP contribution in [-0.4, -0.2) is 77.8 Å². The highest BCUT2D eigenvalue weighted by Gasteiger charge is 2.27. The first-order valence-electron chi connectivity index (χ1n) is 10.5. The molecule has 0 radical (unpaired) electrons. The summed E-state index contributed by atoms with van der Waals surface area (Å²) in [6.07, 6.45) is 4.15. The Kier molecular flexibility index (Phi) is 8.63. The van der Waals surface area contributed by atoms with Gasteiger partial charge in [-0.05, 0) is 35.8 Å². The van der Waals surface area contributed by atoms with Crippen LogP contribution in [0.25, 0.3) is 0 Å². The number of ketones is 1. The average molecular weight is 461 g/mol. The van der Waals surface area contributed by atoms with Crippen LogP contribution in [0.1, 0.15) is 24.3 Å². The van der Waals surface area contributed by atoms with E-state index < -0.39 is 0 Å². The standard InChI is InChI=1S/C23H29ClN4O2S/c1-2-7-26-23(31)28-12-10-27(11-13-28)9-8-25-16-20-21(29)14-18(15-22(20)30)17-3-5-19(24)6-4-17/h2-6,16,18,29H,1,7-15H2,(H,26,31). The Labute approximate surface area is 194 Å². The zero-order valence-electron chi connectivity index (χ0n) is 17.6. The summed E-state index contributed by atoms with van der Waals surface area (Å²) in [6.45, 7) is 9.36. The van der Waals surface area contributed by atoms with Gasteiger partial charge in [0.1, 0.15) is 5.76 Å². The average Bonchev–Trinajstić information content (AvgIpc) is 2.77. The number of thiocarbonyl (C=S) groups is 1. The summed E-state index contributed by atoms with van der Waals surface area (Å²) in [5, 5.41) is 15.0. The first-order chi connectivity index (χ1) is 15.0. The molecule has 0 amide bonds. The molecule has 166 valence electrons. The largest absolute Gasteiger partial charge is 0.511 e. The zero-order chi connectivity index (χ0) is 22.2. The maximum absolute atomic E-state index is 12.6. The van der Waals surface area contributed by atoms with Crippen molar-refractivity contribution in [2.24, 2.45) is 4.99 Å². The van der Waals surface area contributed by atoms with E-state index >= 15 is 0 Å². The second-order valence-electron chi connectivity index (χ2n) is 7.78. The van der Waals surface area contributed by atoms with Crippen molar-refractivity contribution in [3.05, 3.63) is 58.8 Å². The molecule has 1 aliphatic carbocycles. The lowest BCUT2D eigenvalue weighted by Crippen LogP contribution is -2.52. The van der Waals surface area contributed by atoms with E-state index in [1.165, 1.54) is 0 Å². The minimum absolute atomic E-state index is 0.0229. The Morgan fingerprint density at radius 3 is 2.61 bits per heavy atom. The van der Waals surface area contributed by atoms with E-state index in [0.29, 0.717) is 36.5 Å². The van der Waals surface area contributed by atoms with Crippen LogP contribution >= 0.6 is 23.8 Å². The number of aliphatic hydroxyl groups excluding tert-OH is 1. The molecule has 31 heavy (non-hydrogen) atoms. The molecular formula is C23H29ClN4O2S. The molecule has 1 aromatic rings. The molecule has 0 spiro atoms. The van der Waals surface area contributed by atoms with Gasteiger partial charge in [-0.3, -0.25) is 14.7 Å². The number of halogens is 1. The molecule has 3 rings (SSSR count). The van der Waals surface area contributed by atoms with Crippen LogP contribution < -0.4 is 5.32 Å². The van der Waals surface area contributed by atoms with E-state index in [1.807, 2.05) is 24.3 Å². The lowest BCUT2D eigenvalue weighted by atomic mass is 9.83. The second kappa shape index (κ2) is 11.4. The molecule has 2 aliphatic rings. The van der Waals surface area contributed by atoms with Gasteiger partial charge < -0.3 is 15.3 Å². The SMILES string of the molecule is C=CCNC(=S)N1CCN(CCN=CC2=C(O)CC(c3ccc(Cl)cc3)CC2=O)CC1. The first-order valence-corrected chi connectivity index (χ1v) is 11.3. The van der Waals surface area contributed by atoms with Crippen LogP contribution in [-0.2, 0) is 4.79 Å². The fraction of sp³-hybridized carbons (Fsp3) is 0.435. The number of nitrogens with one attached hydrogen (secondary N) is 1. The van der Waals surface area contributed by atoms with Crippen LogP contribution in [0.2, 0.25) is 5.02 Å². The van der Waals surface area contributed by atoms with Gasteiger partial charge in [0.2, 0.25) is 0 Å². The van der Waals surface area contributed by atoms with Crippen LogP contribution in [0.4, 0.5) is 0 Å². The summed E-state index contributed by atoms with van der Waals surface area (Å²) in [6, 6.07) is 7.44. The Hall–Kier alpha value is -2.22. The molecule has 1 aliphatic heterocycles. The number of Topliss-reactive ketones (excluding diaryl/α,β-unsaturated/α-hetero) is 1. The Morgan fingerprint density at radius 2 is 1.97 bits per heavy atom. The molecule has 1 atom stereocenters. The number of allylic oxidation sites excluding steroid dienone is 2. The number of hydrogen-bond acceptors (Lipinski definition) is 5. The van der Waals surface area contributed by atoms with Crippen molar-refractivity contribution >= 4 is 40.9 Å². The monoisotopic (exact) mass is 460 g/mol. The van der Waals surface area contributed by atoms with Gasteiger partial charge in [0, 0.05) is 63.3 Å². The van der Waals surface area contributed by atoms with E-state index in [0.717, 1.165) is 43.4 Å². The predicted octanol–water partition coefficient (Wildman–Crippen LogP) is 3.35. The Bertz CT molecular complexity index is 861. The zero-order valence-corrected chi connectivity index (χ0v) is 19.2. The van der Waals surface area contributed by atoms with Crippen molar-refractivity contribution in [3.8, 4) is 0 Å². The van der Waals surface area contributed by atoms with Crippen molar-refractivity contribution in [1.82, 2.24) is 15.1 Å². The summed E-state index contributed by atoms with van der Waals surface area (Å²) >= 11 is 11.3. The Balaban J connectivity index is 1.45. The van der Waals surface area contributed by atoms with E-state index in [1.54, 1.807) is 12.3 Å². The highest BCUT2D eigenvalue weighted by atomic mass is 35.5. The summed E-state index contributed by atoms with van der Waals surface area (Å²) < 4.78 is 0. The molecule has 1 saturated heterocycles. The van der Waals surface area contributed by atoms with E-state index in [2.05, 4.69) is 26.7 Å². The van der Waals surface area contributed by atoms with Crippen LogP contribution in [0.5, 0.6) is 0 Å². The van der Waals surface area contributed by atoms with Crippen molar-refractivity contribution < 1.29 is 9.90 Å².